The van der Waals surface area contributed by atoms with Gasteiger partial charge in [-0.05, 0) is 62.5 Å². The summed E-state index contributed by atoms with van der Waals surface area (Å²) in [7, 11) is 4.01. The molecule has 0 bridgehead atoms. The molecule has 9 heteroatoms. The summed E-state index contributed by atoms with van der Waals surface area (Å²) in [6.45, 7) is 7.45. The van der Waals surface area contributed by atoms with E-state index in [0.717, 1.165) is 68.2 Å². The highest BCUT2D eigenvalue weighted by Gasteiger charge is 2.17. The van der Waals surface area contributed by atoms with Crippen molar-refractivity contribution < 1.29 is 4.39 Å². The molecule has 4 heterocycles. The van der Waals surface area contributed by atoms with Crippen LogP contribution < -0.4 is 5.32 Å². The Morgan fingerprint density at radius 3 is 2.78 bits per heavy atom. The van der Waals surface area contributed by atoms with Gasteiger partial charge in [-0.3, -0.25) is 15.2 Å². The van der Waals surface area contributed by atoms with E-state index in [1.54, 1.807) is 30.7 Å². The van der Waals surface area contributed by atoms with Gasteiger partial charge in [-0.25, -0.2) is 4.39 Å². The van der Waals surface area contributed by atoms with Crippen LogP contribution in [0.15, 0.2) is 67.7 Å². The van der Waals surface area contributed by atoms with Crippen LogP contribution in [0.1, 0.15) is 16.8 Å². The molecule has 1 aromatic carbocycles. The highest BCUT2D eigenvalue weighted by atomic mass is 19.1. The first-order valence-corrected chi connectivity index (χ1v) is 12.0. The number of hydrogen-bond acceptors (Lipinski definition) is 5. The van der Waals surface area contributed by atoms with E-state index in [1.807, 2.05) is 45.3 Å². The van der Waals surface area contributed by atoms with Crippen LogP contribution in [-0.4, -0.2) is 62.4 Å². The van der Waals surface area contributed by atoms with Crippen molar-refractivity contribution in [2.45, 2.75) is 6.92 Å². The van der Waals surface area contributed by atoms with Crippen LogP contribution in [0.3, 0.4) is 0 Å². The van der Waals surface area contributed by atoms with Crippen molar-refractivity contribution in [3.63, 3.8) is 0 Å². The summed E-state index contributed by atoms with van der Waals surface area (Å²) >= 11 is 0. The number of hydrogen-bond donors (Lipinski definition) is 4. The quantitative estimate of drug-likeness (QED) is 0.205. The van der Waals surface area contributed by atoms with Crippen molar-refractivity contribution >= 4 is 22.2 Å². The normalized spacial score (nSPS) is 12.0. The van der Waals surface area contributed by atoms with Gasteiger partial charge in [0.25, 0.3) is 0 Å². The lowest BCUT2D eigenvalue weighted by Crippen LogP contribution is -2.20. The van der Waals surface area contributed by atoms with Crippen molar-refractivity contribution in [3.05, 3.63) is 90.3 Å². The predicted octanol–water partition coefficient (Wildman–Crippen LogP) is 5.38. The SMILES string of the molecule is C=C/C=C(/c1cc(F)cc(NCCN(C)C)c1)c1cc(-c2n[nH]c3cnc(-c4cn[nH]c4)cc23)[nH]c1C. The molecular weight excluding hydrogens is 467 g/mol. The molecule has 5 rings (SSSR count). The Labute approximate surface area is 214 Å². The van der Waals surface area contributed by atoms with E-state index >= 15 is 0 Å². The second-order valence-corrected chi connectivity index (χ2v) is 9.17. The Kier molecular flexibility index (Phi) is 6.70. The van der Waals surface area contributed by atoms with Gasteiger partial charge in [0.15, 0.2) is 0 Å². The fourth-order valence-electron chi connectivity index (χ4n) is 4.37. The molecule has 0 aliphatic carbocycles. The van der Waals surface area contributed by atoms with Crippen LogP contribution >= 0.6 is 0 Å². The number of aromatic amines is 3. The number of fused-ring (bicyclic) bond motifs is 1. The van der Waals surface area contributed by atoms with Gasteiger partial charge in [-0.1, -0.05) is 18.7 Å². The average molecular weight is 497 g/mol. The Bertz CT molecular complexity index is 1570. The Hall–Kier alpha value is -4.50. The monoisotopic (exact) mass is 496 g/mol. The lowest BCUT2D eigenvalue weighted by Gasteiger charge is -2.14. The maximum atomic E-state index is 14.6. The van der Waals surface area contributed by atoms with Gasteiger partial charge in [0.2, 0.25) is 0 Å². The van der Waals surface area contributed by atoms with E-state index in [0.29, 0.717) is 6.54 Å². The van der Waals surface area contributed by atoms with E-state index in [1.165, 1.54) is 6.07 Å². The first kappa shape index (κ1) is 24.2. The molecule has 188 valence electrons. The largest absolute Gasteiger partial charge is 0.384 e. The lowest BCUT2D eigenvalue weighted by atomic mass is 9.96. The number of aromatic nitrogens is 6. The van der Waals surface area contributed by atoms with Crippen molar-refractivity contribution in [2.75, 3.05) is 32.5 Å². The fraction of sp³-hybridized carbons (Fsp3) is 0.179. The second-order valence-electron chi connectivity index (χ2n) is 9.17. The summed E-state index contributed by atoms with van der Waals surface area (Å²) in [6.07, 6.45) is 8.94. The van der Waals surface area contributed by atoms with Crippen LogP contribution in [0.25, 0.3) is 39.1 Å². The highest BCUT2D eigenvalue weighted by molar-refractivity contribution is 5.95. The standard InChI is InChI=1S/C28H29FN8/c1-5-6-22(18-9-20(29)11-21(10-18)30-7-8-37(3)4)23-12-26(34-17(23)2)28-24-13-25(19-14-32-33-15-19)31-16-27(24)35-36-28/h5-6,9-16,30,34H,1,7-8H2,2-4H3,(H,32,33)(H,35,36)/b22-6-. The van der Waals surface area contributed by atoms with Gasteiger partial charge in [0.05, 0.1) is 29.3 Å². The zero-order chi connectivity index (χ0) is 25.9. The molecule has 4 aromatic heterocycles. The van der Waals surface area contributed by atoms with E-state index in [9.17, 15) is 4.39 Å². The Balaban J connectivity index is 1.53. The number of aryl methyl sites for hydroxylation is 1. The van der Waals surface area contributed by atoms with Crippen molar-refractivity contribution in [2.24, 2.45) is 0 Å². The third kappa shape index (κ3) is 5.07. The zero-order valence-corrected chi connectivity index (χ0v) is 21.1. The van der Waals surface area contributed by atoms with Gasteiger partial charge < -0.3 is 15.2 Å². The first-order valence-electron chi connectivity index (χ1n) is 12.0. The van der Waals surface area contributed by atoms with Gasteiger partial charge in [0.1, 0.15) is 11.5 Å². The zero-order valence-electron chi connectivity index (χ0n) is 21.1. The lowest BCUT2D eigenvalue weighted by molar-refractivity contribution is 0.425. The number of nitrogens with one attached hydrogen (secondary N) is 4. The molecule has 0 saturated heterocycles. The highest BCUT2D eigenvalue weighted by Crippen LogP contribution is 2.34. The molecular formula is C28H29FN8. The second kappa shape index (κ2) is 10.2. The summed E-state index contributed by atoms with van der Waals surface area (Å²) < 4.78 is 14.6. The molecule has 0 unspecified atom stereocenters. The number of rotatable bonds is 9. The van der Waals surface area contributed by atoms with Gasteiger partial charge in [-0.2, -0.15) is 10.2 Å². The molecule has 37 heavy (non-hydrogen) atoms. The molecule has 0 radical (unpaired) electrons. The van der Waals surface area contributed by atoms with Crippen LogP contribution in [0.4, 0.5) is 10.1 Å². The molecule has 0 aliphatic heterocycles. The summed E-state index contributed by atoms with van der Waals surface area (Å²) in [5.74, 6) is -0.300. The third-order valence-electron chi connectivity index (χ3n) is 6.18. The van der Waals surface area contributed by atoms with Gasteiger partial charge in [-0.15, -0.1) is 0 Å². The van der Waals surface area contributed by atoms with E-state index < -0.39 is 0 Å². The first-order chi connectivity index (χ1) is 17.9. The number of benzene rings is 1. The topological polar surface area (TPSA) is 101 Å². The number of nitrogens with zero attached hydrogens (tertiary/aromatic N) is 4. The summed E-state index contributed by atoms with van der Waals surface area (Å²) in [4.78, 5) is 10.1. The minimum atomic E-state index is -0.300. The molecule has 4 N–H and O–H groups in total. The van der Waals surface area contributed by atoms with Crippen LogP contribution in [0, 0.1) is 12.7 Å². The number of halogens is 1. The molecule has 8 nitrogen and oxygen atoms in total. The van der Waals surface area contributed by atoms with Crippen LogP contribution in [-0.2, 0) is 0 Å². The van der Waals surface area contributed by atoms with Crippen LogP contribution in [0.5, 0.6) is 0 Å². The molecule has 0 spiro atoms. The number of likely N-dealkylation sites (N-methyl/N-ethyl adjacent to an activating group) is 1. The number of anilines is 1. The molecule has 0 aliphatic rings. The van der Waals surface area contributed by atoms with Gasteiger partial charge in [0, 0.05) is 47.2 Å². The Morgan fingerprint density at radius 2 is 2.03 bits per heavy atom. The maximum absolute atomic E-state index is 14.6. The number of allylic oxidation sites excluding steroid dienone is 2. The number of H-pyrrole nitrogens is 3. The van der Waals surface area contributed by atoms with Crippen molar-refractivity contribution in [3.8, 4) is 22.6 Å². The third-order valence-corrected chi connectivity index (χ3v) is 6.18. The smallest absolute Gasteiger partial charge is 0.125 e. The fourth-order valence-corrected chi connectivity index (χ4v) is 4.37. The molecule has 0 fully saturated rings. The summed E-state index contributed by atoms with van der Waals surface area (Å²) in [6, 6.07) is 9.07. The van der Waals surface area contributed by atoms with E-state index in [-0.39, 0.29) is 5.82 Å². The molecule has 0 atom stereocenters. The average Bonchev–Trinajstić information content (AvgIpc) is 3.61. The van der Waals surface area contributed by atoms with Crippen molar-refractivity contribution in [1.29, 1.82) is 0 Å². The number of pyridine rings is 1. The van der Waals surface area contributed by atoms with E-state index in [2.05, 4.69) is 47.2 Å². The summed E-state index contributed by atoms with van der Waals surface area (Å²) in [5.41, 5.74) is 8.40. The minimum Gasteiger partial charge on any atom is -0.384 e. The van der Waals surface area contributed by atoms with Crippen molar-refractivity contribution in [1.82, 2.24) is 35.3 Å². The molecule has 0 saturated carbocycles. The molecule has 5 aromatic rings. The Morgan fingerprint density at radius 1 is 1.16 bits per heavy atom. The van der Waals surface area contributed by atoms with Crippen LogP contribution in [0.2, 0.25) is 0 Å². The minimum absolute atomic E-state index is 0.300. The summed E-state index contributed by atoms with van der Waals surface area (Å²) in [5, 5.41) is 18.7. The maximum Gasteiger partial charge on any atom is 0.125 e. The van der Waals surface area contributed by atoms with Gasteiger partial charge >= 0.3 is 0 Å². The molecule has 0 amide bonds. The predicted molar refractivity (Wildman–Crippen MR) is 147 cm³/mol. The van der Waals surface area contributed by atoms with E-state index in [4.69, 9.17) is 0 Å².